The number of esters is 2. The zero-order valence-electron chi connectivity index (χ0n) is 18.5. The lowest BCUT2D eigenvalue weighted by Gasteiger charge is -2.09. The summed E-state index contributed by atoms with van der Waals surface area (Å²) in [4.78, 5) is 47.9. The highest BCUT2D eigenvalue weighted by atomic mass is 16.5. The maximum atomic E-state index is 12.1. The standard InChI is InChI=1S/C24H28N2O6/c1-16(2)14-32-24(30)18-7-5-9-20(13-18)25-21(27)10-11-23(29)31-15-22(28)26-19-8-4-6-17(3)12-19/h4-9,12-13,16H,10-11,14-15H2,1-3H3,(H,25,27)(H,26,28). The van der Waals surface area contributed by atoms with Crippen LogP contribution in [0.5, 0.6) is 0 Å². The maximum absolute atomic E-state index is 12.1. The molecule has 0 radical (unpaired) electrons. The number of benzene rings is 2. The molecule has 0 heterocycles. The molecule has 0 aliphatic heterocycles. The van der Waals surface area contributed by atoms with Crippen molar-refractivity contribution in [3.8, 4) is 0 Å². The summed E-state index contributed by atoms with van der Waals surface area (Å²) >= 11 is 0. The van der Waals surface area contributed by atoms with Gasteiger partial charge >= 0.3 is 11.9 Å². The van der Waals surface area contributed by atoms with Crippen LogP contribution in [0.15, 0.2) is 48.5 Å². The Morgan fingerprint density at radius 1 is 0.844 bits per heavy atom. The van der Waals surface area contributed by atoms with Crippen LogP contribution in [-0.4, -0.2) is 37.0 Å². The van der Waals surface area contributed by atoms with Gasteiger partial charge < -0.3 is 20.1 Å². The van der Waals surface area contributed by atoms with Gasteiger partial charge in [-0.1, -0.05) is 32.0 Å². The molecule has 2 aromatic carbocycles. The highest BCUT2D eigenvalue weighted by Gasteiger charge is 2.13. The summed E-state index contributed by atoms with van der Waals surface area (Å²) in [5.41, 5.74) is 2.34. The number of carbonyl (C=O) groups is 4. The molecule has 2 aromatic rings. The van der Waals surface area contributed by atoms with Gasteiger partial charge in [-0.3, -0.25) is 14.4 Å². The van der Waals surface area contributed by atoms with Gasteiger partial charge in [0.2, 0.25) is 5.91 Å². The first kappa shape index (κ1) is 24.6. The Bertz CT molecular complexity index is 970. The predicted molar refractivity (Wildman–Crippen MR) is 120 cm³/mol. The Morgan fingerprint density at radius 3 is 2.19 bits per heavy atom. The van der Waals surface area contributed by atoms with Crippen LogP contribution in [0.25, 0.3) is 0 Å². The SMILES string of the molecule is Cc1cccc(NC(=O)COC(=O)CCC(=O)Nc2cccc(C(=O)OCC(C)C)c2)c1. The van der Waals surface area contributed by atoms with Crippen LogP contribution in [-0.2, 0) is 23.9 Å². The van der Waals surface area contributed by atoms with Crippen molar-refractivity contribution in [3.05, 3.63) is 59.7 Å². The van der Waals surface area contributed by atoms with Crippen molar-refractivity contribution >= 4 is 35.1 Å². The molecule has 0 aliphatic carbocycles. The quantitative estimate of drug-likeness (QED) is 0.545. The predicted octanol–water partition coefficient (Wildman–Crippen LogP) is 3.71. The Balaban J connectivity index is 1.73. The maximum Gasteiger partial charge on any atom is 0.338 e. The van der Waals surface area contributed by atoms with Gasteiger partial charge in [0.15, 0.2) is 6.61 Å². The molecule has 2 N–H and O–H groups in total. The number of carbonyl (C=O) groups excluding carboxylic acids is 4. The van der Waals surface area contributed by atoms with Crippen LogP contribution in [0.3, 0.4) is 0 Å². The summed E-state index contributed by atoms with van der Waals surface area (Å²) < 4.78 is 10.1. The summed E-state index contributed by atoms with van der Waals surface area (Å²) in [5, 5.41) is 5.26. The van der Waals surface area contributed by atoms with Gasteiger partial charge in [0.25, 0.3) is 5.91 Å². The Labute approximate surface area is 187 Å². The summed E-state index contributed by atoms with van der Waals surface area (Å²) in [6.45, 7) is 5.64. The number of amides is 2. The van der Waals surface area contributed by atoms with Crippen molar-refractivity contribution in [1.29, 1.82) is 0 Å². The number of nitrogens with one attached hydrogen (secondary N) is 2. The zero-order valence-corrected chi connectivity index (χ0v) is 18.5. The van der Waals surface area contributed by atoms with E-state index in [2.05, 4.69) is 10.6 Å². The first-order valence-corrected chi connectivity index (χ1v) is 10.3. The van der Waals surface area contributed by atoms with Gasteiger partial charge in [-0.05, 0) is 48.7 Å². The van der Waals surface area contributed by atoms with Crippen LogP contribution in [0, 0.1) is 12.8 Å². The van der Waals surface area contributed by atoms with E-state index >= 15 is 0 Å². The van der Waals surface area contributed by atoms with E-state index < -0.39 is 30.4 Å². The average Bonchev–Trinajstić information content (AvgIpc) is 2.74. The molecule has 170 valence electrons. The van der Waals surface area contributed by atoms with Gasteiger partial charge in [-0.25, -0.2) is 4.79 Å². The molecular weight excluding hydrogens is 412 g/mol. The molecular formula is C24H28N2O6. The second-order valence-corrected chi connectivity index (χ2v) is 7.70. The minimum atomic E-state index is -0.662. The average molecular weight is 440 g/mol. The molecule has 32 heavy (non-hydrogen) atoms. The van der Waals surface area contributed by atoms with E-state index in [1.165, 1.54) is 6.07 Å². The van der Waals surface area contributed by atoms with Crippen LogP contribution in [0.2, 0.25) is 0 Å². The normalized spacial score (nSPS) is 10.4. The lowest BCUT2D eigenvalue weighted by atomic mass is 10.2. The Hall–Kier alpha value is -3.68. The largest absolute Gasteiger partial charge is 0.462 e. The van der Waals surface area contributed by atoms with Crippen LogP contribution in [0.1, 0.15) is 42.6 Å². The van der Waals surface area contributed by atoms with Crippen molar-refractivity contribution in [2.45, 2.75) is 33.6 Å². The molecule has 0 atom stereocenters. The fraction of sp³-hybridized carbons (Fsp3) is 0.333. The molecule has 0 fully saturated rings. The highest BCUT2D eigenvalue weighted by molar-refractivity contribution is 5.96. The van der Waals surface area contributed by atoms with Crippen LogP contribution < -0.4 is 10.6 Å². The monoisotopic (exact) mass is 440 g/mol. The number of anilines is 2. The summed E-state index contributed by atoms with van der Waals surface area (Å²) in [5.74, 6) is -1.79. The minimum absolute atomic E-state index is 0.125. The molecule has 0 bridgehead atoms. The van der Waals surface area contributed by atoms with Gasteiger partial charge in [-0.15, -0.1) is 0 Å². The van der Waals surface area contributed by atoms with Crippen molar-refractivity contribution in [2.24, 2.45) is 5.92 Å². The lowest BCUT2D eigenvalue weighted by molar-refractivity contribution is -0.147. The topological polar surface area (TPSA) is 111 Å². The fourth-order valence-corrected chi connectivity index (χ4v) is 2.63. The van der Waals surface area contributed by atoms with Crippen molar-refractivity contribution < 1.29 is 28.7 Å². The van der Waals surface area contributed by atoms with Crippen LogP contribution >= 0.6 is 0 Å². The lowest BCUT2D eigenvalue weighted by Crippen LogP contribution is -2.21. The zero-order chi connectivity index (χ0) is 23.5. The van der Waals surface area contributed by atoms with Crippen molar-refractivity contribution in [1.82, 2.24) is 0 Å². The third-order valence-corrected chi connectivity index (χ3v) is 4.15. The Morgan fingerprint density at radius 2 is 1.50 bits per heavy atom. The first-order chi connectivity index (χ1) is 15.2. The van der Waals surface area contributed by atoms with Crippen LogP contribution in [0.4, 0.5) is 11.4 Å². The first-order valence-electron chi connectivity index (χ1n) is 10.3. The second-order valence-electron chi connectivity index (χ2n) is 7.70. The summed E-state index contributed by atoms with van der Waals surface area (Å²) in [6.07, 6.45) is -0.306. The molecule has 0 saturated heterocycles. The molecule has 0 saturated carbocycles. The third-order valence-electron chi connectivity index (χ3n) is 4.15. The van der Waals surface area contributed by atoms with E-state index in [1.54, 1.807) is 36.4 Å². The van der Waals surface area contributed by atoms with E-state index in [9.17, 15) is 19.2 Å². The van der Waals surface area contributed by atoms with E-state index in [0.29, 0.717) is 23.5 Å². The number of rotatable bonds is 10. The van der Waals surface area contributed by atoms with Gasteiger partial charge in [-0.2, -0.15) is 0 Å². The van der Waals surface area contributed by atoms with Gasteiger partial charge in [0, 0.05) is 17.8 Å². The molecule has 8 heteroatoms. The molecule has 2 rings (SSSR count). The van der Waals surface area contributed by atoms with E-state index in [-0.39, 0.29) is 18.8 Å². The molecule has 0 aromatic heterocycles. The fourth-order valence-electron chi connectivity index (χ4n) is 2.63. The number of ether oxygens (including phenoxy) is 2. The van der Waals surface area contributed by atoms with Gasteiger partial charge in [0.05, 0.1) is 18.6 Å². The smallest absolute Gasteiger partial charge is 0.338 e. The number of aryl methyl sites for hydroxylation is 1. The summed E-state index contributed by atoms with van der Waals surface area (Å²) in [6, 6.07) is 13.6. The highest BCUT2D eigenvalue weighted by Crippen LogP contribution is 2.13. The van der Waals surface area contributed by atoms with E-state index in [1.807, 2.05) is 26.8 Å². The van der Waals surface area contributed by atoms with Gasteiger partial charge in [0.1, 0.15) is 0 Å². The van der Waals surface area contributed by atoms with Crippen molar-refractivity contribution in [2.75, 3.05) is 23.8 Å². The van der Waals surface area contributed by atoms with E-state index in [0.717, 1.165) is 5.56 Å². The molecule has 0 spiro atoms. The Kier molecular flexibility index (Phi) is 9.41. The molecule has 8 nitrogen and oxygen atoms in total. The van der Waals surface area contributed by atoms with Crippen molar-refractivity contribution in [3.63, 3.8) is 0 Å². The molecule has 0 aliphatic rings. The summed E-state index contributed by atoms with van der Waals surface area (Å²) in [7, 11) is 0. The molecule has 0 unspecified atom stereocenters. The minimum Gasteiger partial charge on any atom is -0.462 e. The third kappa shape index (κ3) is 8.99. The van der Waals surface area contributed by atoms with E-state index in [4.69, 9.17) is 9.47 Å². The number of hydrogen-bond donors (Lipinski definition) is 2. The number of hydrogen-bond acceptors (Lipinski definition) is 6. The second kappa shape index (κ2) is 12.2. The molecule has 2 amide bonds.